The lowest BCUT2D eigenvalue weighted by Crippen LogP contribution is -2.57. The van der Waals surface area contributed by atoms with Crippen molar-refractivity contribution in [2.75, 3.05) is 26.2 Å². The van der Waals surface area contributed by atoms with Gasteiger partial charge in [-0.2, -0.15) is 0 Å². The molecular formula is C20H27NO2. The van der Waals surface area contributed by atoms with Gasteiger partial charge < -0.3 is 9.47 Å². The highest BCUT2D eigenvalue weighted by Crippen LogP contribution is 2.28. The Morgan fingerprint density at radius 2 is 1.61 bits per heavy atom. The number of hydrogen-bond acceptors (Lipinski definition) is 3. The fourth-order valence-corrected chi connectivity index (χ4v) is 3.71. The van der Waals surface area contributed by atoms with Crippen LogP contribution in [-0.4, -0.2) is 42.3 Å². The minimum absolute atomic E-state index is 0.110. The number of ether oxygens (including phenoxy) is 2. The van der Waals surface area contributed by atoms with E-state index in [-0.39, 0.29) is 11.2 Å². The van der Waals surface area contributed by atoms with Gasteiger partial charge in [0.2, 0.25) is 0 Å². The Morgan fingerprint density at radius 1 is 0.957 bits per heavy atom. The molecule has 124 valence electrons. The third-order valence-electron chi connectivity index (χ3n) is 4.18. The predicted molar refractivity (Wildman–Crippen MR) is 95.1 cm³/mol. The van der Waals surface area contributed by atoms with E-state index in [1.54, 1.807) is 0 Å². The quantitative estimate of drug-likeness (QED) is 0.848. The van der Waals surface area contributed by atoms with Crippen LogP contribution in [0, 0.1) is 0 Å². The van der Waals surface area contributed by atoms with Gasteiger partial charge in [-0.3, -0.25) is 4.90 Å². The molecule has 0 N–H and O–H groups in total. The molecule has 0 radical (unpaired) electrons. The van der Waals surface area contributed by atoms with Gasteiger partial charge in [-0.15, -0.1) is 0 Å². The normalized spacial score (nSPS) is 20.5. The van der Waals surface area contributed by atoms with Gasteiger partial charge in [-0.1, -0.05) is 36.4 Å². The highest BCUT2D eigenvalue weighted by atomic mass is 16.5. The first-order chi connectivity index (χ1) is 10.8. The molecule has 2 aromatic rings. The average molecular weight is 313 g/mol. The van der Waals surface area contributed by atoms with Crippen molar-refractivity contribution in [1.82, 2.24) is 4.90 Å². The summed E-state index contributed by atoms with van der Waals surface area (Å²) < 4.78 is 12.2. The Balaban J connectivity index is 1.63. The van der Waals surface area contributed by atoms with E-state index in [1.165, 1.54) is 10.8 Å². The van der Waals surface area contributed by atoms with Crippen LogP contribution in [0.5, 0.6) is 5.75 Å². The number of fused-ring (bicyclic) bond motifs is 1. The molecule has 1 heterocycles. The summed E-state index contributed by atoms with van der Waals surface area (Å²) >= 11 is 0. The Bertz CT molecular complexity index is 657. The van der Waals surface area contributed by atoms with E-state index >= 15 is 0 Å². The van der Waals surface area contributed by atoms with Crippen molar-refractivity contribution in [3.05, 3.63) is 42.5 Å². The number of nitrogens with zero attached hydrogens (tertiary/aromatic N) is 1. The van der Waals surface area contributed by atoms with E-state index in [1.807, 2.05) is 0 Å². The van der Waals surface area contributed by atoms with Crippen molar-refractivity contribution in [2.24, 2.45) is 0 Å². The van der Waals surface area contributed by atoms with E-state index in [9.17, 15) is 0 Å². The van der Waals surface area contributed by atoms with Crippen molar-refractivity contribution in [3.8, 4) is 5.75 Å². The Kier molecular flexibility index (Phi) is 4.35. The lowest BCUT2D eigenvalue weighted by molar-refractivity contribution is -0.181. The number of rotatable bonds is 4. The monoisotopic (exact) mass is 313 g/mol. The van der Waals surface area contributed by atoms with Gasteiger partial charge in [0.25, 0.3) is 0 Å². The number of morpholine rings is 1. The van der Waals surface area contributed by atoms with Crippen LogP contribution < -0.4 is 4.74 Å². The van der Waals surface area contributed by atoms with Crippen LogP contribution in [0.2, 0.25) is 0 Å². The van der Waals surface area contributed by atoms with Crippen molar-refractivity contribution >= 4 is 10.8 Å². The molecule has 3 nitrogen and oxygen atoms in total. The maximum Gasteiger partial charge on any atom is 0.127 e. The Morgan fingerprint density at radius 3 is 2.35 bits per heavy atom. The standard InChI is InChI=1S/C20H27NO2/c1-19(2)14-21(15-20(3,4)23-19)12-13-22-18-11-7-9-16-8-5-6-10-17(16)18/h5-11H,12-15H2,1-4H3. The van der Waals surface area contributed by atoms with Crippen molar-refractivity contribution in [2.45, 2.75) is 38.9 Å². The fourth-order valence-electron chi connectivity index (χ4n) is 3.71. The highest BCUT2D eigenvalue weighted by Gasteiger charge is 2.37. The van der Waals surface area contributed by atoms with Gasteiger partial charge in [-0.05, 0) is 39.1 Å². The van der Waals surface area contributed by atoms with Gasteiger partial charge in [0.1, 0.15) is 12.4 Å². The van der Waals surface area contributed by atoms with E-state index in [4.69, 9.17) is 9.47 Å². The molecular weight excluding hydrogens is 286 g/mol. The molecule has 3 rings (SSSR count). The van der Waals surface area contributed by atoms with Gasteiger partial charge >= 0.3 is 0 Å². The molecule has 1 aliphatic heterocycles. The molecule has 1 aliphatic rings. The molecule has 0 atom stereocenters. The van der Waals surface area contributed by atoms with Gasteiger partial charge in [0.05, 0.1) is 11.2 Å². The van der Waals surface area contributed by atoms with Crippen LogP contribution in [0.3, 0.4) is 0 Å². The summed E-state index contributed by atoms with van der Waals surface area (Å²) in [6.07, 6.45) is 0. The summed E-state index contributed by atoms with van der Waals surface area (Å²) in [4.78, 5) is 2.44. The molecule has 1 fully saturated rings. The summed E-state index contributed by atoms with van der Waals surface area (Å²) in [5.41, 5.74) is -0.220. The molecule has 2 aromatic carbocycles. The zero-order valence-electron chi connectivity index (χ0n) is 14.6. The van der Waals surface area contributed by atoms with Gasteiger partial charge in [0, 0.05) is 25.0 Å². The molecule has 0 aliphatic carbocycles. The van der Waals surface area contributed by atoms with Gasteiger partial charge in [-0.25, -0.2) is 0 Å². The first-order valence-electron chi connectivity index (χ1n) is 8.38. The summed E-state index contributed by atoms with van der Waals surface area (Å²) in [6, 6.07) is 14.6. The SMILES string of the molecule is CC1(C)CN(CCOc2cccc3ccccc23)CC(C)(C)O1. The molecule has 0 spiro atoms. The maximum atomic E-state index is 6.13. The third-order valence-corrected chi connectivity index (χ3v) is 4.18. The van der Waals surface area contributed by atoms with Gasteiger partial charge in [0.15, 0.2) is 0 Å². The van der Waals surface area contributed by atoms with Crippen LogP contribution in [0.25, 0.3) is 10.8 Å². The molecule has 0 amide bonds. The molecule has 0 saturated carbocycles. The largest absolute Gasteiger partial charge is 0.492 e. The predicted octanol–water partition coefficient (Wildman–Crippen LogP) is 4.11. The summed E-state index contributed by atoms with van der Waals surface area (Å²) in [7, 11) is 0. The topological polar surface area (TPSA) is 21.7 Å². The number of benzene rings is 2. The van der Waals surface area contributed by atoms with E-state index in [2.05, 4.69) is 75.1 Å². The third kappa shape index (κ3) is 4.04. The second kappa shape index (κ2) is 6.14. The Labute approximate surface area is 139 Å². The molecule has 1 saturated heterocycles. The van der Waals surface area contributed by atoms with Crippen LogP contribution in [0.4, 0.5) is 0 Å². The highest BCUT2D eigenvalue weighted by molar-refractivity contribution is 5.88. The average Bonchev–Trinajstić information content (AvgIpc) is 2.44. The summed E-state index contributed by atoms with van der Waals surface area (Å²) in [6.45, 7) is 12.1. The molecule has 23 heavy (non-hydrogen) atoms. The van der Waals surface area contributed by atoms with Crippen molar-refractivity contribution < 1.29 is 9.47 Å². The fraction of sp³-hybridized carbons (Fsp3) is 0.500. The zero-order chi connectivity index (χ0) is 16.5. The van der Waals surface area contributed by atoms with Crippen LogP contribution >= 0.6 is 0 Å². The lowest BCUT2D eigenvalue weighted by Gasteiger charge is -2.47. The lowest BCUT2D eigenvalue weighted by atomic mass is 9.99. The smallest absolute Gasteiger partial charge is 0.127 e. The van der Waals surface area contributed by atoms with E-state index < -0.39 is 0 Å². The van der Waals surface area contributed by atoms with Crippen molar-refractivity contribution in [1.29, 1.82) is 0 Å². The van der Waals surface area contributed by atoms with E-state index in [0.717, 1.165) is 25.4 Å². The Hall–Kier alpha value is -1.58. The minimum atomic E-state index is -0.110. The summed E-state index contributed by atoms with van der Waals surface area (Å²) in [5, 5.41) is 2.40. The van der Waals surface area contributed by atoms with Crippen molar-refractivity contribution in [3.63, 3.8) is 0 Å². The minimum Gasteiger partial charge on any atom is -0.492 e. The second-order valence-electron chi connectivity index (χ2n) is 7.66. The zero-order valence-corrected chi connectivity index (χ0v) is 14.6. The first-order valence-corrected chi connectivity index (χ1v) is 8.38. The summed E-state index contributed by atoms with van der Waals surface area (Å²) in [5.74, 6) is 0.967. The van der Waals surface area contributed by atoms with Crippen LogP contribution in [0.1, 0.15) is 27.7 Å². The molecule has 0 aromatic heterocycles. The maximum absolute atomic E-state index is 6.13. The molecule has 3 heteroatoms. The molecule has 0 unspecified atom stereocenters. The number of hydrogen-bond donors (Lipinski definition) is 0. The second-order valence-corrected chi connectivity index (χ2v) is 7.66. The van der Waals surface area contributed by atoms with Crippen LogP contribution in [-0.2, 0) is 4.74 Å². The first kappa shape index (κ1) is 16.3. The van der Waals surface area contributed by atoms with E-state index in [0.29, 0.717) is 6.61 Å². The van der Waals surface area contributed by atoms with Crippen LogP contribution in [0.15, 0.2) is 42.5 Å². The molecule has 0 bridgehead atoms.